The summed E-state index contributed by atoms with van der Waals surface area (Å²) in [4.78, 5) is 54.2. The van der Waals surface area contributed by atoms with Crippen LogP contribution in [0.4, 0.5) is 0 Å². The Bertz CT molecular complexity index is 2310. The third-order valence-corrected chi connectivity index (χ3v) is 12.3. The Morgan fingerprint density at radius 2 is 1.72 bits per heavy atom. The Labute approximate surface area is 341 Å². The molecule has 58 heavy (non-hydrogen) atoms. The van der Waals surface area contributed by atoms with Crippen LogP contribution in [0.15, 0.2) is 66.9 Å². The summed E-state index contributed by atoms with van der Waals surface area (Å²) >= 11 is 6.24. The van der Waals surface area contributed by atoms with Gasteiger partial charge in [-0.1, -0.05) is 44.5 Å². The van der Waals surface area contributed by atoms with Gasteiger partial charge in [-0.05, 0) is 86.0 Å². The molecule has 4 heterocycles. The van der Waals surface area contributed by atoms with E-state index in [0.717, 1.165) is 49.4 Å². The van der Waals surface area contributed by atoms with Gasteiger partial charge in [-0.15, -0.1) is 5.10 Å². The van der Waals surface area contributed by atoms with Crippen LogP contribution < -0.4 is 20.1 Å². The number of benzene rings is 3. The molecule has 4 aliphatic rings. The maximum Gasteiger partial charge on any atom is 0.255 e. The van der Waals surface area contributed by atoms with Gasteiger partial charge in [0.15, 0.2) is 0 Å². The highest BCUT2D eigenvalue weighted by atomic mass is 35.5. The van der Waals surface area contributed by atoms with E-state index in [0.29, 0.717) is 46.2 Å². The number of carbonyl (C=O) groups is 4. The second kappa shape index (κ2) is 15.2. The number of carbonyl (C=O) groups excluding carboxylic acids is 4. The number of likely N-dealkylation sites (tertiary alicyclic amines) is 1. The molecule has 1 aromatic heterocycles. The zero-order chi connectivity index (χ0) is 40.9. The van der Waals surface area contributed by atoms with Crippen molar-refractivity contribution in [2.45, 2.75) is 84.2 Å². The molecule has 2 N–H and O–H groups in total. The molecule has 1 atom stereocenters. The average Bonchev–Trinajstić information content (AvgIpc) is 3.78. The van der Waals surface area contributed by atoms with Gasteiger partial charge in [0.05, 0.1) is 28.2 Å². The van der Waals surface area contributed by atoms with Gasteiger partial charge in [-0.3, -0.25) is 29.4 Å². The Morgan fingerprint density at radius 1 is 1.00 bits per heavy atom. The maximum absolute atomic E-state index is 13.4. The number of nitriles is 1. The lowest BCUT2D eigenvalue weighted by Crippen LogP contribution is -2.74. The lowest BCUT2D eigenvalue weighted by atomic mass is 9.49. The van der Waals surface area contributed by atoms with Gasteiger partial charge in [0.2, 0.25) is 11.8 Å². The van der Waals surface area contributed by atoms with Crippen LogP contribution in [0.5, 0.6) is 11.5 Å². The van der Waals surface area contributed by atoms with Crippen molar-refractivity contribution in [3.8, 4) is 23.3 Å². The van der Waals surface area contributed by atoms with Gasteiger partial charge in [-0.25, -0.2) is 4.68 Å². The monoisotopic (exact) mass is 804 g/mol. The van der Waals surface area contributed by atoms with Gasteiger partial charge in [0.25, 0.3) is 11.8 Å². The van der Waals surface area contributed by atoms with E-state index >= 15 is 0 Å². The molecule has 0 radical (unpaired) electrons. The first-order valence-electron chi connectivity index (χ1n) is 19.6. The molecule has 2 saturated heterocycles. The molecule has 4 aromatic rings. The van der Waals surface area contributed by atoms with Crippen molar-refractivity contribution in [2.24, 2.45) is 10.8 Å². The fraction of sp³-hybridized carbons (Fsp3) is 0.419. The summed E-state index contributed by atoms with van der Waals surface area (Å²) in [6.07, 6.45) is 3.99. The highest BCUT2D eigenvalue weighted by Gasteiger charge is 2.64. The number of amides is 4. The molecule has 1 aliphatic carbocycles. The second-order valence-electron chi connectivity index (χ2n) is 16.8. The Hall–Kier alpha value is -5.78. The van der Waals surface area contributed by atoms with Crippen molar-refractivity contribution in [1.82, 2.24) is 35.4 Å². The lowest BCUT2D eigenvalue weighted by molar-refractivity contribution is -0.164. The van der Waals surface area contributed by atoms with Crippen LogP contribution >= 0.6 is 11.6 Å². The van der Waals surface area contributed by atoms with E-state index in [1.54, 1.807) is 52.0 Å². The number of ether oxygens (including phenoxy) is 2. The normalized spacial score (nSPS) is 22.3. The smallest absolute Gasteiger partial charge is 0.255 e. The molecule has 3 aliphatic heterocycles. The first kappa shape index (κ1) is 39.1. The minimum absolute atomic E-state index is 0.0464. The number of aryl methyl sites for hydroxylation is 1. The predicted molar refractivity (Wildman–Crippen MR) is 212 cm³/mol. The molecule has 3 aromatic carbocycles. The highest BCUT2D eigenvalue weighted by Crippen LogP contribution is 2.55. The van der Waals surface area contributed by atoms with E-state index in [-0.39, 0.29) is 53.2 Å². The van der Waals surface area contributed by atoms with E-state index in [9.17, 15) is 24.4 Å². The van der Waals surface area contributed by atoms with E-state index in [4.69, 9.17) is 21.1 Å². The molecular weight excluding hydrogens is 760 g/mol. The van der Waals surface area contributed by atoms with Gasteiger partial charge < -0.3 is 19.7 Å². The number of aromatic nitrogens is 3. The van der Waals surface area contributed by atoms with Gasteiger partial charge in [0.1, 0.15) is 35.8 Å². The number of rotatable bonds is 12. The van der Waals surface area contributed by atoms with E-state index < -0.39 is 11.9 Å². The summed E-state index contributed by atoms with van der Waals surface area (Å²) in [6, 6.07) is 19.1. The molecule has 15 heteroatoms. The number of halogens is 1. The number of fused-ring (bicyclic) bond motifs is 1. The molecule has 4 amide bonds. The van der Waals surface area contributed by atoms with Crippen LogP contribution in [0.1, 0.15) is 84.5 Å². The number of hydrogen-bond donors (Lipinski definition) is 2. The van der Waals surface area contributed by atoms with Crippen LogP contribution in [0.2, 0.25) is 5.02 Å². The maximum atomic E-state index is 13.4. The summed E-state index contributed by atoms with van der Waals surface area (Å²) in [6.45, 7) is 11.1. The fourth-order valence-electron chi connectivity index (χ4n) is 9.19. The van der Waals surface area contributed by atoms with E-state index in [2.05, 4.69) is 59.6 Å². The van der Waals surface area contributed by atoms with Crippen molar-refractivity contribution in [2.75, 3.05) is 19.6 Å². The first-order chi connectivity index (χ1) is 27.7. The van der Waals surface area contributed by atoms with E-state index in [1.165, 1.54) is 0 Å². The minimum Gasteiger partial charge on any atom is -0.489 e. The van der Waals surface area contributed by atoms with E-state index in [1.807, 2.05) is 24.4 Å². The summed E-state index contributed by atoms with van der Waals surface area (Å²) in [5.41, 5.74) is 3.25. The van der Waals surface area contributed by atoms with Gasteiger partial charge in [0, 0.05) is 60.1 Å². The molecule has 0 spiro atoms. The Morgan fingerprint density at radius 3 is 2.43 bits per heavy atom. The second-order valence-corrected chi connectivity index (χ2v) is 17.2. The summed E-state index contributed by atoms with van der Waals surface area (Å²) < 4.78 is 14.3. The highest BCUT2D eigenvalue weighted by molar-refractivity contribution is 6.31. The third-order valence-electron chi connectivity index (χ3n) is 12.0. The third kappa shape index (κ3) is 7.40. The largest absolute Gasteiger partial charge is 0.489 e. The standard InChI is InChI=1S/C43H45ClN8O6/c1-42(2)40(43(3,4)41(42)58-31-12-9-26(20-45)34(44)19-31)47-37(54)25-7-10-29(11-8-25)52-22-28(48-49-52)6-5-17-50-23-32(24-50)57-30-13-14-33-27(18-30)21-51(39(33)56)35-15-16-36(53)46-38(35)55/h7-14,18-19,22,32,35,40-41H,5-6,15-17,21,23-24H2,1-4H3,(H,47,54)(H,46,53,55). The van der Waals surface area contributed by atoms with Crippen LogP contribution in [-0.4, -0.2) is 92.3 Å². The summed E-state index contributed by atoms with van der Waals surface area (Å²) in [5, 5.41) is 23.8. The first-order valence-corrected chi connectivity index (χ1v) is 19.9. The van der Waals surface area contributed by atoms with Crippen LogP contribution in [0.3, 0.4) is 0 Å². The topological polar surface area (TPSA) is 172 Å². The average molecular weight is 805 g/mol. The van der Waals surface area contributed by atoms with Crippen molar-refractivity contribution in [1.29, 1.82) is 5.26 Å². The van der Waals surface area contributed by atoms with Crippen molar-refractivity contribution in [3.63, 3.8) is 0 Å². The number of nitrogens with zero attached hydrogens (tertiary/aromatic N) is 6. The van der Waals surface area contributed by atoms with Crippen molar-refractivity contribution < 1.29 is 28.7 Å². The molecule has 0 bridgehead atoms. The number of hydrogen-bond acceptors (Lipinski definition) is 10. The zero-order valence-electron chi connectivity index (χ0n) is 32.8. The molecule has 3 fully saturated rings. The quantitative estimate of drug-likeness (QED) is 0.189. The predicted octanol–water partition coefficient (Wildman–Crippen LogP) is 4.86. The van der Waals surface area contributed by atoms with Gasteiger partial charge in [-0.2, -0.15) is 5.26 Å². The molecule has 14 nitrogen and oxygen atoms in total. The number of imide groups is 1. The van der Waals surface area contributed by atoms with Crippen LogP contribution in [0, 0.1) is 22.2 Å². The molecule has 8 rings (SSSR count). The molecular formula is C43H45ClN8O6. The lowest BCUT2D eigenvalue weighted by Gasteiger charge is -2.63. The summed E-state index contributed by atoms with van der Waals surface area (Å²) in [5.74, 6) is 0.193. The minimum atomic E-state index is -0.640. The number of piperidine rings is 1. The molecule has 300 valence electrons. The SMILES string of the molecule is CC1(C)C(NC(=O)c2ccc(-n3cc(CCCN4CC(Oc5ccc6c(c5)CN(C5CCC(=O)NC5=O)C6=O)C4)nn3)cc2)C(C)(C)C1Oc1ccc(C#N)c(Cl)c1. The Balaban J connectivity index is 0.772. The number of nitrogens with one attached hydrogen (secondary N) is 2. The van der Waals surface area contributed by atoms with Crippen molar-refractivity contribution in [3.05, 3.63) is 99.8 Å². The van der Waals surface area contributed by atoms with Gasteiger partial charge >= 0.3 is 0 Å². The van der Waals surface area contributed by atoms with Crippen LogP contribution in [0.25, 0.3) is 5.69 Å². The summed E-state index contributed by atoms with van der Waals surface area (Å²) in [7, 11) is 0. The zero-order valence-corrected chi connectivity index (χ0v) is 33.6. The molecule has 1 unspecified atom stereocenters. The van der Waals surface area contributed by atoms with Crippen molar-refractivity contribution >= 4 is 35.2 Å². The molecule has 1 saturated carbocycles. The van der Waals surface area contributed by atoms with Crippen LogP contribution in [-0.2, 0) is 22.6 Å². The fourth-order valence-corrected chi connectivity index (χ4v) is 9.41. The Kier molecular flexibility index (Phi) is 10.2.